The fraction of sp³-hybridized carbons (Fsp3) is 0.412. The zero-order valence-electron chi connectivity index (χ0n) is 13.4. The van der Waals surface area contributed by atoms with Crippen molar-refractivity contribution in [3.05, 3.63) is 52.0 Å². The van der Waals surface area contributed by atoms with Crippen molar-refractivity contribution < 1.29 is 4.79 Å². The van der Waals surface area contributed by atoms with Gasteiger partial charge >= 0.3 is 0 Å². The second kappa shape index (κ2) is 8.06. The predicted molar refractivity (Wildman–Crippen MR) is 91.3 cm³/mol. The van der Waals surface area contributed by atoms with Gasteiger partial charge in [-0.2, -0.15) is 11.3 Å². The van der Waals surface area contributed by atoms with Gasteiger partial charge < -0.3 is 5.32 Å². The van der Waals surface area contributed by atoms with Crippen LogP contribution in [0.25, 0.3) is 0 Å². The Kier molecular flexibility index (Phi) is 6.10. The number of carbonyl (C=O) groups excluding carboxylic acids is 1. The van der Waals surface area contributed by atoms with Crippen LogP contribution >= 0.6 is 11.3 Å². The minimum atomic E-state index is -0.115. The van der Waals surface area contributed by atoms with Crippen LogP contribution in [0.15, 0.2) is 35.0 Å². The molecule has 0 saturated carbocycles. The number of likely N-dealkylation sites (N-methyl/N-ethyl adjacent to an activating group) is 1. The fourth-order valence-corrected chi connectivity index (χ4v) is 3.24. The Bertz CT molecular complexity index is 594. The second-order valence-corrected chi connectivity index (χ2v) is 5.95. The van der Waals surface area contributed by atoms with E-state index in [1.807, 2.05) is 19.1 Å². The molecule has 0 radical (unpaired) electrons. The van der Waals surface area contributed by atoms with Gasteiger partial charge in [0.2, 0.25) is 0 Å². The third kappa shape index (κ3) is 4.15. The molecule has 1 amide bonds. The van der Waals surface area contributed by atoms with Crippen LogP contribution in [-0.4, -0.2) is 35.4 Å². The van der Waals surface area contributed by atoms with Crippen molar-refractivity contribution in [1.29, 1.82) is 0 Å². The van der Waals surface area contributed by atoms with Crippen molar-refractivity contribution in [2.75, 3.05) is 19.6 Å². The van der Waals surface area contributed by atoms with Crippen molar-refractivity contribution in [3.8, 4) is 0 Å². The molecule has 2 aromatic rings. The van der Waals surface area contributed by atoms with Crippen LogP contribution in [0.5, 0.6) is 0 Å². The van der Waals surface area contributed by atoms with E-state index in [0.29, 0.717) is 12.2 Å². The summed E-state index contributed by atoms with van der Waals surface area (Å²) in [6.07, 6.45) is 0. The number of aromatic nitrogens is 1. The Balaban J connectivity index is 2.06. The summed E-state index contributed by atoms with van der Waals surface area (Å²) in [5, 5.41) is 7.26. The Morgan fingerprint density at radius 3 is 2.68 bits per heavy atom. The van der Waals surface area contributed by atoms with E-state index in [2.05, 4.69) is 45.9 Å². The predicted octanol–water partition coefficient (Wildman–Crippen LogP) is 3.26. The highest BCUT2D eigenvalue weighted by Gasteiger charge is 2.19. The van der Waals surface area contributed by atoms with E-state index < -0.39 is 0 Å². The van der Waals surface area contributed by atoms with Gasteiger partial charge in [-0.25, -0.2) is 4.98 Å². The minimum Gasteiger partial charge on any atom is -0.349 e. The summed E-state index contributed by atoms with van der Waals surface area (Å²) in [4.78, 5) is 18.9. The monoisotopic (exact) mass is 317 g/mol. The molecule has 0 saturated heterocycles. The Labute approximate surface area is 136 Å². The van der Waals surface area contributed by atoms with Crippen LogP contribution in [0.4, 0.5) is 0 Å². The number of nitrogens with zero attached hydrogens (tertiary/aromatic N) is 2. The highest BCUT2D eigenvalue weighted by Crippen LogP contribution is 2.22. The molecule has 0 fully saturated rings. The van der Waals surface area contributed by atoms with Gasteiger partial charge in [-0.05, 0) is 54.5 Å². The summed E-state index contributed by atoms with van der Waals surface area (Å²) in [6, 6.07) is 7.83. The molecule has 0 aliphatic carbocycles. The largest absolute Gasteiger partial charge is 0.349 e. The molecule has 5 heteroatoms. The Hall–Kier alpha value is -1.72. The first-order valence-electron chi connectivity index (χ1n) is 7.63. The number of rotatable bonds is 7. The molecule has 0 spiro atoms. The van der Waals surface area contributed by atoms with Crippen LogP contribution in [0.1, 0.15) is 41.6 Å². The smallest absolute Gasteiger partial charge is 0.269 e. The van der Waals surface area contributed by atoms with E-state index in [9.17, 15) is 4.79 Å². The van der Waals surface area contributed by atoms with Crippen LogP contribution < -0.4 is 5.32 Å². The van der Waals surface area contributed by atoms with E-state index in [0.717, 1.165) is 18.8 Å². The number of carbonyl (C=O) groups is 1. The van der Waals surface area contributed by atoms with Crippen LogP contribution in [0, 0.1) is 6.92 Å². The van der Waals surface area contributed by atoms with Crippen molar-refractivity contribution in [2.45, 2.75) is 26.8 Å². The maximum atomic E-state index is 12.3. The van der Waals surface area contributed by atoms with E-state index in [4.69, 9.17) is 0 Å². The van der Waals surface area contributed by atoms with Crippen molar-refractivity contribution in [3.63, 3.8) is 0 Å². The third-order valence-corrected chi connectivity index (χ3v) is 4.46. The Morgan fingerprint density at radius 2 is 2.09 bits per heavy atom. The lowest BCUT2D eigenvalue weighted by Gasteiger charge is -2.29. The molecular formula is C17H23N3OS. The number of hydrogen-bond donors (Lipinski definition) is 1. The molecule has 0 bridgehead atoms. The van der Waals surface area contributed by atoms with Crippen LogP contribution in [0.3, 0.4) is 0 Å². The summed E-state index contributed by atoms with van der Waals surface area (Å²) in [5.74, 6) is -0.115. The van der Waals surface area contributed by atoms with Gasteiger partial charge in [0.15, 0.2) is 0 Å². The number of thiophene rings is 1. The van der Waals surface area contributed by atoms with Crippen molar-refractivity contribution in [1.82, 2.24) is 15.2 Å². The molecule has 2 heterocycles. The van der Waals surface area contributed by atoms with E-state index in [-0.39, 0.29) is 11.9 Å². The molecule has 22 heavy (non-hydrogen) atoms. The average Bonchev–Trinajstić information content (AvgIpc) is 3.05. The highest BCUT2D eigenvalue weighted by atomic mass is 32.1. The average molecular weight is 317 g/mol. The molecular weight excluding hydrogens is 294 g/mol. The number of amides is 1. The van der Waals surface area contributed by atoms with E-state index in [1.54, 1.807) is 17.4 Å². The van der Waals surface area contributed by atoms with E-state index in [1.165, 1.54) is 5.56 Å². The lowest BCUT2D eigenvalue weighted by molar-refractivity contribution is 0.0930. The molecule has 1 atom stereocenters. The first-order chi connectivity index (χ1) is 10.7. The molecule has 0 aliphatic heterocycles. The quantitative estimate of drug-likeness (QED) is 0.852. The maximum Gasteiger partial charge on any atom is 0.269 e. The molecule has 2 rings (SSSR count). The van der Waals surface area contributed by atoms with Gasteiger partial charge in [-0.15, -0.1) is 0 Å². The molecule has 0 aromatic carbocycles. The topological polar surface area (TPSA) is 45.2 Å². The maximum absolute atomic E-state index is 12.3. The van der Waals surface area contributed by atoms with Gasteiger partial charge in [0.1, 0.15) is 5.69 Å². The summed E-state index contributed by atoms with van der Waals surface area (Å²) < 4.78 is 0. The standard InChI is InChI=1S/C17H23N3OS/c1-4-20(5-2)16(14-9-10-22-12-14)11-18-17(21)15-8-6-7-13(3)19-15/h6-10,12,16H,4-5,11H2,1-3H3,(H,18,21)/t16-/m1/s1. The second-order valence-electron chi connectivity index (χ2n) is 5.17. The molecule has 1 N–H and O–H groups in total. The van der Waals surface area contributed by atoms with Gasteiger partial charge in [0.05, 0.1) is 6.04 Å². The van der Waals surface area contributed by atoms with Gasteiger partial charge in [-0.1, -0.05) is 19.9 Å². The summed E-state index contributed by atoms with van der Waals surface area (Å²) in [5.41, 5.74) is 2.58. The zero-order chi connectivity index (χ0) is 15.9. The van der Waals surface area contributed by atoms with Crippen molar-refractivity contribution >= 4 is 17.2 Å². The van der Waals surface area contributed by atoms with Gasteiger partial charge in [-0.3, -0.25) is 9.69 Å². The summed E-state index contributed by atoms with van der Waals surface area (Å²) in [7, 11) is 0. The lowest BCUT2D eigenvalue weighted by atomic mass is 10.1. The lowest BCUT2D eigenvalue weighted by Crippen LogP contribution is -2.38. The molecule has 2 aromatic heterocycles. The number of nitrogens with one attached hydrogen (secondary N) is 1. The van der Waals surface area contributed by atoms with E-state index >= 15 is 0 Å². The molecule has 118 valence electrons. The molecule has 0 aliphatic rings. The van der Waals surface area contributed by atoms with Crippen molar-refractivity contribution in [2.24, 2.45) is 0 Å². The molecule has 0 unspecified atom stereocenters. The third-order valence-electron chi connectivity index (χ3n) is 3.76. The summed E-state index contributed by atoms with van der Waals surface area (Å²) in [6.45, 7) is 8.68. The first-order valence-corrected chi connectivity index (χ1v) is 8.58. The highest BCUT2D eigenvalue weighted by molar-refractivity contribution is 7.07. The van der Waals surface area contributed by atoms with Crippen LogP contribution in [0.2, 0.25) is 0 Å². The summed E-state index contributed by atoms with van der Waals surface area (Å²) >= 11 is 1.69. The molecule has 4 nitrogen and oxygen atoms in total. The SMILES string of the molecule is CCN(CC)[C@H](CNC(=O)c1cccc(C)n1)c1ccsc1. The van der Waals surface area contributed by atoms with Gasteiger partial charge in [0.25, 0.3) is 5.91 Å². The number of hydrogen-bond acceptors (Lipinski definition) is 4. The minimum absolute atomic E-state index is 0.115. The number of aryl methyl sites for hydroxylation is 1. The normalized spacial score (nSPS) is 12.4. The Morgan fingerprint density at radius 1 is 1.32 bits per heavy atom. The fourth-order valence-electron chi connectivity index (χ4n) is 2.54. The van der Waals surface area contributed by atoms with Gasteiger partial charge in [0, 0.05) is 12.2 Å². The zero-order valence-corrected chi connectivity index (χ0v) is 14.2. The first kappa shape index (κ1) is 16.6. The van der Waals surface area contributed by atoms with Crippen LogP contribution in [-0.2, 0) is 0 Å². The number of pyridine rings is 1.